The fourth-order valence-electron chi connectivity index (χ4n) is 3.60. The molecule has 0 bridgehead atoms. The van der Waals surface area contributed by atoms with Crippen molar-refractivity contribution in [2.75, 3.05) is 20.1 Å². The molecule has 154 valence electrons. The summed E-state index contributed by atoms with van der Waals surface area (Å²) in [6, 6.07) is 17.4. The second-order valence-corrected chi connectivity index (χ2v) is 9.37. The molecular weight excluding hydrogens is 384 g/mol. The minimum absolute atomic E-state index is 0.0881. The van der Waals surface area contributed by atoms with Gasteiger partial charge in [0, 0.05) is 38.0 Å². The summed E-state index contributed by atoms with van der Waals surface area (Å²) in [7, 11) is -1.66. The van der Waals surface area contributed by atoms with Crippen LogP contribution in [0.3, 0.4) is 0 Å². The third-order valence-corrected chi connectivity index (χ3v) is 7.01. The molecule has 0 N–H and O–H groups in total. The van der Waals surface area contributed by atoms with Gasteiger partial charge in [0.25, 0.3) is 0 Å². The van der Waals surface area contributed by atoms with Crippen LogP contribution in [0.1, 0.15) is 29.5 Å². The lowest BCUT2D eigenvalue weighted by Crippen LogP contribution is -2.42. The van der Waals surface area contributed by atoms with Crippen LogP contribution in [0, 0.1) is 12.8 Å². The Bertz CT molecular complexity index is 963. The van der Waals surface area contributed by atoms with Crippen LogP contribution in [-0.4, -0.2) is 43.7 Å². The highest BCUT2D eigenvalue weighted by Gasteiger charge is 2.31. The van der Waals surface area contributed by atoms with E-state index in [2.05, 4.69) is 0 Å². The van der Waals surface area contributed by atoms with Gasteiger partial charge in [-0.25, -0.2) is 8.42 Å². The van der Waals surface area contributed by atoms with E-state index >= 15 is 0 Å². The van der Waals surface area contributed by atoms with Crippen molar-refractivity contribution in [2.45, 2.75) is 26.3 Å². The van der Waals surface area contributed by atoms with Gasteiger partial charge >= 0.3 is 0 Å². The minimum atomic E-state index is -3.48. The Labute approximate surface area is 173 Å². The van der Waals surface area contributed by atoms with E-state index < -0.39 is 10.0 Å². The molecule has 0 aliphatic carbocycles. The van der Waals surface area contributed by atoms with Crippen molar-refractivity contribution in [1.82, 2.24) is 9.21 Å². The molecule has 2 aromatic carbocycles. The third kappa shape index (κ3) is 5.55. The average Bonchev–Trinajstić information content (AvgIpc) is 2.74. The number of benzene rings is 2. The van der Waals surface area contributed by atoms with Crippen LogP contribution in [0.25, 0.3) is 6.08 Å². The molecule has 1 amide bonds. The molecule has 2 aromatic rings. The van der Waals surface area contributed by atoms with Gasteiger partial charge in [-0.1, -0.05) is 54.6 Å². The SMILES string of the molecule is Cc1ccccc1CN(C)C(=O)C1CCN(S(=O)(=O)/C=C/c2ccccc2)CC1. The monoisotopic (exact) mass is 412 g/mol. The first-order chi connectivity index (χ1) is 13.9. The summed E-state index contributed by atoms with van der Waals surface area (Å²) in [5.74, 6) is -0.0429. The number of hydrogen-bond acceptors (Lipinski definition) is 3. The molecule has 0 radical (unpaired) electrons. The van der Waals surface area contributed by atoms with Crippen LogP contribution >= 0.6 is 0 Å². The number of aryl methyl sites for hydroxylation is 1. The van der Waals surface area contributed by atoms with Crippen molar-refractivity contribution in [3.05, 3.63) is 76.7 Å². The number of nitrogens with zero attached hydrogens (tertiary/aromatic N) is 2. The Morgan fingerprint density at radius 3 is 2.34 bits per heavy atom. The lowest BCUT2D eigenvalue weighted by Gasteiger charge is -2.32. The number of sulfonamides is 1. The fraction of sp³-hybridized carbons (Fsp3) is 0.348. The molecule has 5 nitrogen and oxygen atoms in total. The topological polar surface area (TPSA) is 57.7 Å². The van der Waals surface area contributed by atoms with Crippen molar-refractivity contribution in [3.8, 4) is 0 Å². The van der Waals surface area contributed by atoms with Crippen LogP contribution in [0.15, 0.2) is 60.0 Å². The molecular formula is C23H28N2O3S. The second-order valence-electron chi connectivity index (χ2n) is 7.55. The van der Waals surface area contributed by atoms with E-state index in [-0.39, 0.29) is 11.8 Å². The van der Waals surface area contributed by atoms with Crippen LogP contribution in [-0.2, 0) is 21.4 Å². The molecule has 0 unspecified atom stereocenters. The van der Waals surface area contributed by atoms with E-state index in [9.17, 15) is 13.2 Å². The van der Waals surface area contributed by atoms with Crippen molar-refractivity contribution in [2.24, 2.45) is 5.92 Å². The van der Waals surface area contributed by atoms with Gasteiger partial charge in [0.05, 0.1) is 0 Å². The molecule has 1 aliphatic rings. The molecule has 0 saturated carbocycles. The number of piperidine rings is 1. The molecule has 29 heavy (non-hydrogen) atoms. The van der Waals surface area contributed by atoms with E-state index in [4.69, 9.17) is 0 Å². The van der Waals surface area contributed by atoms with Gasteiger partial charge in [-0.2, -0.15) is 4.31 Å². The highest BCUT2D eigenvalue weighted by molar-refractivity contribution is 7.92. The van der Waals surface area contributed by atoms with Gasteiger partial charge in [0.2, 0.25) is 15.9 Å². The second kappa shape index (κ2) is 9.37. The highest BCUT2D eigenvalue weighted by atomic mass is 32.2. The Balaban J connectivity index is 1.56. The van der Waals surface area contributed by atoms with E-state index in [0.717, 1.165) is 11.1 Å². The number of carbonyl (C=O) groups is 1. The van der Waals surface area contributed by atoms with Crippen LogP contribution in [0.2, 0.25) is 0 Å². The van der Waals surface area contributed by atoms with Gasteiger partial charge < -0.3 is 4.90 Å². The summed E-state index contributed by atoms with van der Waals surface area (Å²) < 4.78 is 26.7. The lowest BCUT2D eigenvalue weighted by atomic mass is 9.96. The highest BCUT2D eigenvalue weighted by Crippen LogP contribution is 2.23. The van der Waals surface area contributed by atoms with Gasteiger partial charge in [0.15, 0.2) is 0 Å². The maximum absolute atomic E-state index is 12.8. The Morgan fingerprint density at radius 1 is 1.07 bits per heavy atom. The summed E-state index contributed by atoms with van der Waals surface area (Å²) in [4.78, 5) is 14.6. The van der Waals surface area contributed by atoms with Crippen molar-refractivity contribution in [3.63, 3.8) is 0 Å². The Morgan fingerprint density at radius 2 is 1.69 bits per heavy atom. The molecule has 1 heterocycles. The van der Waals surface area contributed by atoms with E-state index in [1.807, 2.05) is 68.6 Å². The van der Waals surface area contributed by atoms with E-state index in [1.54, 1.807) is 11.0 Å². The normalized spacial score (nSPS) is 16.2. The summed E-state index contributed by atoms with van der Waals surface area (Å²) in [5, 5.41) is 1.26. The molecule has 1 fully saturated rings. The molecule has 0 aromatic heterocycles. The van der Waals surface area contributed by atoms with Crippen molar-refractivity contribution >= 4 is 22.0 Å². The summed E-state index contributed by atoms with van der Waals surface area (Å²) >= 11 is 0. The predicted octanol–water partition coefficient (Wildman–Crippen LogP) is 3.67. The molecule has 0 atom stereocenters. The largest absolute Gasteiger partial charge is 0.341 e. The van der Waals surface area contributed by atoms with Crippen LogP contribution < -0.4 is 0 Å². The smallest absolute Gasteiger partial charge is 0.236 e. The maximum Gasteiger partial charge on any atom is 0.236 e. The van der Waals surface area contributed by atoms with Gasteiger partial charge in [-0.3, -0.25) is 4.79 Å². The zero-order valence-corrected chi connectivity index (χ0v) is 17.8. The van der Waals surface area contributed by atoms with Crippen LogP contribution in [0.5, 0.6) is 0 Å². The molecule has 1 aliphatic heterocycles. The minimum Gasteiger partial charge on any atom is -0.341 e. The summed E-state index contributed by atoms with van der Waals surface area (Å²) in [6.07, 6.45) is 2.72. The number of carbonyl (C=O) groups excluding carboxylic acids is 1. The lowest BCUT2D eigenvalue weighted by molar-refractivity contribution is -0.135. The van der Waals surface area contributed by atoms with Gasteiger partial charge in [0.1, 0.15) is 0 Å². The number of rotatable bonds is 6. The van der Waals surface area contributed by atoms with E-state index in [1.165, 1.54) is 15.3 Å². The van der Waals surface area contributed by atoms with Gasteiger partial charge in [-0.15, -0.1) is 0 Å². The van der Waals surface area contributed by atoms with Crippen molar-refractivity contribution in [1.29, 1.82) is 0 Å². The molecule has 1 saturated heterocycles. The standard InChI is InChI=1S/C23H28N2O3S/c1-19-8-6-7-11-22(19)18-24(2)23(26)21-12-15-25(16-13-21)29(27,28)17-14-20-9-4-3-5-10-20/h3-11,14,17,21H,12-13,15-16,18H2,1-2H3/b17-14+. The zero-order valence-electron chi connectivity index (χ0n) is 17.0. The first-order valence-corrected chi connectivity index (χ1v) is 11.4. The fourth-order valence-corrected chi connectivity index (χ4v) is 4.83. The first kappa shape index (κ1) is 21.3. The Kier molecular flexibility index (Phi) is 6.87. The number of hydrogen-bond donors (Lipinski definition) is 0. The molecule has 3 rings (SSSR count). The predicted molar refractivity (Wildman–Crippen MR) is 116 cm³/mol. The third-order valence-electron chi connectivity index (χ3n) is 5.44. The maximum atomic E-state index is 12.8. The Hall–Kier alpha value is -2.44. The summed E-state index contributed by atoms with van der Waals surface area (Å²) in [6.45, 7) is 3.36. The number of amides is 1. The zero-order chi connectivity index (χ0) is 20.9. The average molecular weight is 413 g/mol. The summed E-state index contributed by atoms with van der Waals surface area (Å²) in [5.41, 5.74) is 3.15. The molecule has 0 spiro atoms. The first-order valence-electron chi connectivity index (χ1n) is 9.89. The molecule has 6 heteroatoms. The van der Waals surface area contributed by atoms with Gasteiger partial charge in [-0.05, 0) is 42.5 Å². The van der Waals surface area contributed by atoms with Crippen LogP contribution in [0.4, 0.5) is 0 Å². The quantitative estimate of drug-likeness (QED) is 0.727. The van der Waals surface area contributed by atoms with Crippen molar-refractivity contribution < 1.29 is 13.2 Å². The van der Waals surface area contributed by atoms with E-state index in [0.29, 0.717) is 32.5 Å².